The van der Waals surface area contributed by atoms with Gasteiger partial charge in [0, 0.05) is 11.1 Å². The third-order valence-corrected chi connectivity index (χ3v) is 4.29. The highest BCUT2D eigenvalue weighted by atomic mass is 19.1. The van der Waals surface area contributed by atoms with E-state index in [4.69, 9.17) is 0 Å². The fourth-order valence-corrected chi connectivity index (χ4v) is 2.90. The summed E-state index contributed by atoms with van der Waals surface area (Å²) < 4.78 is 13.8. The third-order valence-electron chi connectivity index (χ3n) is 4.29. The van der Waals surface area contributed by atoms with E-state index in [9.17, 15) is 9.50 Å². The van der Waals surface area contributed by atoms with Crippen molar-refractivity contribution in [1.82, 2.24) is 4.90 Å². The summed E-state index contributed by atoms with van der Waals surface area (Å²) in [5.74, 6) is -0.321. The van der Waals surface area contributed by atoms with E-state index >= 15 is 0 Å². The maximum absolute atomic E-state index is 13.8. The summed E-state index contributed by atoms with van der Waals surface area (Å²) >= 11 is 0. The van der Waals surface area contributed by atoms with E-state index in [1.807, 2.05) is 13.8 Å². The van der Waals surface area contributed by atoms with Crippen molar-refractivity contribution in [3.8, 4) is 0 Å². The molecule has 106 valence electrons. The molecule has 3 heteroatoms. The Morgan fingerprint density at radius 1 is 1.11 bits per heavy atom. The number of benzene rings is 1. The molecule has 2 nitrogen and oxygen atoms in total. The number of likely N-dealkylation sites (tertiary alicyclic amines) is 1. The van der Waals surface area contributed by atoms with Crippen molar-refractivity contribution in [1.29, 1.82) is 0 Å². The highest BCUT2D eigenvalue weighted by Crippen LogP contribution is 2.33. The van der Waals surface area contributed by atoms with Crippen LogP contribution in [0.5, 0.6) is 0 Å². The molecule has 1 aromatic rings. The summed E-state index contributed by atoms with van der Waals surface area (Å²) in [5, 5.41) is 10.6. The molecule has 1 aliphatic rings. The van der Waals surface area contributed by atoms with Crippen LogP contribution in [0, 0.1) is 5.82 Å². The predicted molar refractivity (Wildman–Crippen MR) is 75.5 cm³/mol. The summed E-state index contributed by atoms with van der Waals surface area (Å²) in [6.45, 7) is 5.99. The topological polar surface area (TPSA) is 23.5 Å². The second-order valence-corrected chi connectivity index (χ2v) is 5.98. The standard InChI is InChI=1S/C16H24FNO/c1-16(2,18-11-7-3-4-8-12-18)15(19)13-9-5-6-10-14(13)17/h5-6,9-10,15,19H,3-4,7-8,11-12H2,1-2H3. The van der Waals surface area contributed by atoms with Gasteiger partial charge in [0.25, 0.3) is 0 Å². The molecule has 1 aliphatic heterocycles. The maximum atomic E-state index is 13.8. The van der Waals surface area contributed by atoms with E-state index in [2.05, 4.69) is 4.90 Å². The van der Waals surface area contributed by atoms with Crippen LogP contribution in [0.15, 0.2) is 24.3 Å². The Labute approximate surface area is 115 Å². The van der Waals surface area contributed by atoms with Gasteiger partial charge in [-0.25, -0.2) is 4.39 Å². The zero-order valence-electron chi connectivity index (χ0n) is 11.9. The van der Waals surface area contributed by atoms with Gasteiger partial charge in [-0.05, 0) is 45.8 Å². The zero-order valence-corrected chi connectivity index (χ0v) is 11.9. The molecule has 0 radical (unpaired) electrons. The molecule has 0 saturated carbocycles. The van der Waals surface area contributed by atoms with Crippen molar-refractivity contribution in [3.05, 3.63) is 35.6 Å². The minimum Gasteiger partial charge on any atom is -0.386 e. The summed E-state index contributed by atoms with van der Waals surface area (Å²) in [6, 6.07) is 6.53. The maximum Gasteiger partial charge on any atom is 0.129 e. The van der Waals surface area contributed by atoms with E-state index in [-0.39, 0.29) is 5.82 Å². The first-order valence-electron chi connectivity index (χ1n) is 7.21. The van der Waals surface area contributed by atoms with Gasteiger partial charge in [0.2, 0.25) is 0 Å². The van der Waals surface area contributed by atoms with Crippen molar-refractivity contribution < 1.29 is 9.50 Å². The summed E-state index contributed by atoms with van der Waals surface area (Å²) in [7, 11) is 0. The van der Waals surface area contributed by atoms with E-state index in [0.29, 0.717) is 5.56 Å². The smallest absolute Gasteiger partial charge is 0.129 e. The molecule has 0 spiro atoms. The van der Waals surface area contributed by atoms with Crippen LogP contribution >= 0.6 is 0 Å². The van der Waals surface area contributed by atoms with E-state index in [0.717, 1.165) is 25.9 Å². The van der Waals surface area contributed by atoms with Crippen LogP contribution in [-0.2, 0) is 0 Å². The minimum absolute atomic E-state index is 0.321. The number of nitrogens with zero attached hydrogens (tertiary/aromatic N) is 1. The normalized spacial score (nSPS) is 20.0. The highest BCUT2D eigenvalue weighted by Gasteiger charge is 2.36. The average Bonchev–Trinajstić information content (AvgIpc) is 2.67. The number of halogens is 1. The Hall–Kier alpha value is -0.930. The van der Waals surface area contributed by atoms with Gasteiger partial charge in [-0.1, -0.05) is 31.0 Å². The Morgan fingerprint density at radius 2 is 1.68 bits per heavy atom. The molecule has 0 bridgehead atoms. The number of hydrogen-bond donors (Lipinski definition) is 1. The molecule has 0 aliphatic carbocycles. The van der Waals surface area contributed by atoms with Gasteiger partial charge in [-0.2, -0.15) is 0 Å². The largest absolute Gasteiger partial charge is 0.386 e. The fourth-order valence-electron chi connectivity index (χ4n) is 2.90. The first-order chi connectivity index (χ1) is 9.03. The highest BCUT2D eigenvalue weighted by molar-refractivity contribution is 5.22. The first-order valence-corrected chi connectivity index (χ1v) is 7.21. The number of aliphatic hydroxyl groups is 1. The predicted octanol–water partition coefficient (Wildman–Crippen LogP) is 3.51. The number of rotatable bonds is 3. The third kappa shape index (κ3) is 3.15. The lowest BCUT2D eigenvalue weighted by atomic mass is 9.89. The van der Waals surface area contributed by atoms with Crippen LogP contribution in [-0.4, -0.2) is 28.6 Å². The summed E-state index contributed by atoms with van der Waals surface area (Å²) in [4.78, 5) is 2.30. The van der Waals surface area contributed by atoms with Crippen molar-refractivity contribution in [2.45, 2.75) is 51.2 Å². The van der Waals surface area contributed by atoms with Crippen LogP contribution in [0.25, 0.3) is 0 Å². The Bertz CT molecular complexity index is 411. The molecule has 1 saturated heterocycles. The number of aliphatic hydroxyl groups excluding tert-OH is 1. The van der Waals surface area contributed by atoms with Crippen LogP contribution in [0.1, 0.15) is 51.2 Å². The summed E-state index contributed by atoms with van der Waals surface area (Å²) in [6.07, 6.45) is 4.03. The van der Waals surface area contributed by atoms with Crippen molar-refractivity contribution in [2.75, 3.05) is 13.1 Å². The quantitative estimate of drug-likeness (QED) is 0.904. The van der Waals surface area contributed by atoms with Gasteiger partial charge in [0.1, 0.15) is 5.82 Å². The average molecular weight is 265 g/mol. The van der Waals surface area contributed by atoms with E-state index in [1.54, 1.807) is 18.2 Å². The molecule has 1 unspecified atom stereocenters. The second kappa shape index (κ2) is 6.02. The molecular formula is C16H24FNO. The van der Waals surface area contributed by atoms with Crippen LogP contribution in [0.3, 0.4) is 0 Å². The van der Waals surface area contributed by atoms with Crippen LogP contribution in [0.2, 0.25) is 0 Å². The molecule has 19 heavy (non-hydrogen) atoms. The van der Waals surface area contributed by atoms with Crippen LogP contribution in [0.4, 0.5) is 4.39 Å². The lowest BCUT2D eigenvalue weighted by Gasteiger charge is -2.41. The molecular weight excluding hydrogens is 241 g/mol. The van der Waals surface area contributed by atoms with Gasteiger partial charge in [-0.3, -0.25) is 4.90 Å². The second-order valence-electron chi connectivity index (χ2n) is 5.98. The fraction of sp³-hybridized carbons (Fsp3) is 0.625. The van der Waals surface area contributed by atoms with Gasteiger partial charge in [0.05, 0.1) is 6.10 Å². The molecule has 2 rings (SSSR count). The Morgan fingerprint density at radius 3 is 2.26 bits per heavy atom. The van der Waals surface area contributed by atoms with Crippen molar-refractivity contribution in [2.24, 2.45) is 0 Å². The first kappa shape index (κ1) is 14.5. The molecule has 1 heterocycles. The molecule has 1 aromatic carbocycles. The molecule has 0 amide bonds. The van der Waals surface area contributed by atoms with Gasteiger partial charge in [0.15, 0.2) is 0 Å². The lowest BCUT2D eigenvalue weighted by Crippen LogP contribution is -2.49. The summed E-state index contributed by atoms with van der Waals surface area (Å²) in [5.41, 5.74) is -0.0382. The zero-order chi connectivity index (χ0) is 13.9. The van der Waals surface area contributed by atoms with Gasteiger partial charge in [-0.15, -0.1) is 0 Å². The van der Waals surface area contributed by atoms with Gasteiger partial charge >= 0.3 is 0 Å². The van der Waals surface area contributed by atoms with E-state index < -0.39 is 11.6 Å². The Kier molecular flexibility index (Phi) is 4.58. The lowest BCUT2D eigenvalue weighted by molar-refractivity contribution is -0.0118. The van der Waals surface area contributed by atoms with Crippen molar-refractivity contribution >= 4 is 0 Å². The minimum atomic E-state index is -0.799. The molecule has 1 atom stereocenters. The molecule has 0 aromatic heterocycles. The molecule has 1 fully saturated rings. The van der Waals surface area contributed by atoms with Gasteiger partial charge < -0.3 is 5.11 Å². The van der Waals surface area contributed by atoms with E-state index in [1.165, 1.54) is 18.9 Å². The van der Waals surface area contributed by atoms with Crippen molar-refractivity contribution in [3.63, 3.8) is 0 Å². The molecule has 1 N–H and O–H groups in total. The monoisotopic (exact) mass is 265 g/mol. The van der Waals surface area contributed by atoms with Crippen LogP contribution < -0.4 is 0 Å². The Balaban J connectivity index is 2.20. The SMILES string of the molecule is CC(C)(C(O)c1ccccc1F)N1CCCCCC1. The number of hydrogen-bond acceptors (Lipinski definition) is 2.